The average Bonchev–Trinajstić information content (AvgIpc) is 3.55. The largest absolute Gasteiger partial charge is 0.462 e. The van der Waals surface area contributed by atoms with Gasteiger partial charge in [-0.05, 0) is 51.4 Å². The summed E-state index contributed by atoms with van der Waals surface area (Å²) in [6.07, 6.45) is 109. The minimum atomic E-state index is -0.770. The number of hydrogen-bond acceptors (Lipinski definition) is 5. The van der Waals surface area contributed by atoms with Crippen molar-refractivity contribution >= 4 is 11.9 Å². The van der Waals surface area contributed by atoms with Crippen molar-refractivity contribution in [3.8, 4) is 0 Å². The molecule has 1 unspecified atom stereocenters. The van der Waals surface area contributed by atoms with E-state index in [2.05, 4.69) is 62.5 Å². The second-order valence-corrected chi connectivity index (χ2v) is 27.8. The number of esters is 2. The third-order valence-corrected chi connectivity index (χ3v) is 18.9. The Morgan fingerprint density at radius 2 is 0.483 bits per heavy atom. The van der Waals surface area contributed by atoms with Crippen LogP contribution in [0.1, 0.15) is 457 Å². The molecule has 0 aromatic rings. The van der Waals surface area contributed by atoms with Gasteiger partial charge in [-0.15, -0.1) is 0 Å². The lowest BCUT2D eigenvalue weighted by molar-refractivity contribution is -0.161. The predicted octanol–water partition coefficient (Wildman–Crippen LogP) is 28.6. The van der Waals surface area contributed by atoms with E-state index >= 15 is 0 Å². The highest BCUT2D eigenvalue weighted by molar-refractivity contribution is 5.70. The molecule has 0 aromatic heterocycles. The highest BCUT2D eigenvalue weighted by atomic mass is 16.6. The van der Waals surface area contributed by atoms with E-state index in [9.17, 15) is 14.7 Å². The number of hydrogen-bond donors (Lipinski definition) is 1. The fourth-order valence-electron chi connectivity index (χ4n) is 12.9. The standard InChI is InChI=1S/C84H158O5/c1-3-5-7-9-11-13-15-17-19-21-23-25-27-29-31-33-35-37-39-40-41-42-43-45-46-48-50-52-54-56-58-60-62-64-66-68-70-72-74-76-78-83(86)88-81-82(80-85)89-84(87)79-77-75-73-71-69-67-65-63-61-59-57-55-53-51-49-47-44-38-36-34-32-30-28-26-24-22-20-18-16-14-12-10-8-6-4-2/h6,8,12,14,18,20,24,26,82,85H,3-5,7,9-11,13,15-17,19,21-23,25,27-81H2,1-2H3/b8-6-,14-12-,20-18-,26-24-. The van der Waals surface area contributed by atoms with Gasteiger partial charge in [-0.3, -0.25) is 9.59 Å². The molecule has 5 nitrogen and oxygen atoms in total. The predicted molar refractivity (Wildman–Crippen MR) is 394 cm³/mol. The molecule has 0 spiro atoms. The number of allylic oxidation sites excluding steroid dienone is 8. The second kappa shape index (κ2) is 80.1. The van der Waals surface area contributed by atoms with E-state index in [-0.39, 0.29) is 25.2 Å². The van der Waals surface area contributed by atoms with E-state index in [1.807, 2.05) is 0 Å². The molecule has 0 aromatic carbocycles. The van der Waals surface area contributed by atoms with E-state index in [0.29, 0.717) is 12.8 Å². The monoisotopic (exact) mass is 1250 g/mol. The summed E-state index contributed by atoms with van der Waals surface area (Å²) in [7, 11) is 0. The summed E-state index contributed by atoms with van der Waals surface area (Å²) in [5, 5.41) is 9.73. The maximum atomic E-state index is 12.4. The molecule has 0 aliphatic rings. The van der Waals surface area contributed by atoms with Crippen LogP contribution in [0.5, 0.6) is 0 Å². The van der Waals surface area contributed by atoms with Crippen LogP contribution in [0.4, 0.5) is 0 Å². The smallest absolute Gasteiger partial charge is 0.306 e. The first-order valence-electron chi connectivity index (χ1n) is 40.7. The topological polar surface area (TPSA) is 72.8 Å². The van der Waals surface area contributed by atoms with Crippen LogP contribution in [0.15, 0.2) is 48.6 Å². The van der Waals surface area contributed by atoms with Crippen molar-refractivity contribution in [3.05, 3.63) is 48.6 Å². The van der Waals surface area contributed by atoms with E-state index in [0.717, 1.165) is 57.8 Å². The summed E-state index contributed by atoms with van der Waals surface area (Å²) >= 11 is 0. The molecule has 1 atom stereocenters. The first-order chi connectivity index (χ1) is 44.1. The zero-order valence-electron chi connectivity index (χ0n) is 60.5. The van der Waals surface area contributed by atoms with Gasteiger partial charge < -0.3 is 14.6 Å². The molecular formula is C84H158O5. The Hall–Kier alpha value is -2.14. The van der Waals surface area contributed by atoms with Crippen molar-refractivity contribution in [2.45, 2.75) is 463 Å². The summed E-state index contributed by atoms with van der Waals surface area (Å²) < 4.78 is 10.8. The molecule has 0 bridgehead atoms. The molecule has 0 amide bonds. The van der Waals surface area contributed by atoms with Crippen molar-refractivity contribution in [2.24, 2.45) is 0 Å². The van der Waals surface area contributed by atoms with Crippen molar-refractivity contribution in [2.75, 3.05) is 13.2 Å². The van der Waals surface area contributed by atoms with Gasteiger partial charge in [0.2, 0.25) is 0 Å². The lowest BCUT2D eigenvalue weighted by Gasteiger charge is -2.15. The van der Waals surface area contributed by atoms with E-state index in [1.54, 1.807) is 0 Å². The Morgan fingerprint density at radius 3 is 0.730 bits per heavy atom. The maximum Gasteiger partial charge on any atom is 0.306 e. The van der Waals surface area contributed by atoms with Crippen molar-refractivity contribution < 1.29 is 24.2 Å². The number of aliphatic hydroxyl groups is 1. The molecule has 0 aliphatic heterocycles. The number of carbonyl (C=O) groups is 2. The summed E-state index contributed by atoms with van der Waals surface area (Å²) in [4.78, 5) is 24.7. The van der Waals surface area contributed by atoms with E-state index in [1.165, 1.54) is 372 Å². The summed E-state index contributed by atoms with van der Waals surface area (Å²) in [5.41, 5.74) is 0. The molecule has 0 saturated heterocycles. The molecule has 0 aliphatic carbocycles. The zero-order chi connectivity index (χ0) is 64.0. The second-order valence-electron chi connectivity index (χ2n) is 27.8. The third kappa shape index (κ3) is 78.2. The molecular weight excluding hydrogens is 1090 g/mol. The fraction of sp³-hybridized carbons (Fsp3) is 0.881. The van der Waals surface area contributed by atoms with Gasteiger partial charge in [0.25, 0.3) is 0 Å². The molecule has 5 heteroatoms. The Bertz CT molecular complexity index is 1460. The highest BCUT2D eigenvalue weighted by Crippen LogP contribution is 2.21. The molecule has 524 valence electrons. The first-order valence-corrected chi connectivity index (χ1v) is 40.7. The first kappa shape index (κ1) is 86.9. The van der Waals surface area contributed by atoms with Gasteiger partial charge in [-0.25, -0.2) is 0 Å². The third-order valence-electron chi connectivity index (χ3n) is 18.9. The van der Waals surface area contributed by atoms with Crippen molar-refractivity contribution in [1.82, 2.24) is 0 Å². The number of carbonyl (C=O) groups excluding carboxylic acids is 2. The number of ether oxygens (including phenoxy) is 2. The van der Waals surface area contributed by atoms with E-state index in [4.69, 9.17) is 9.47 Å². The number of rotatable bonds is 77. The lowest BCUT2D eigenvalue weighted by atomic mass is 10.0. The van der Waals surface area contributed by atoms with Gasteiger partial charge in [0.1, 0.15) is 6.61 Å². The van der Waals surface area contributed by atoms with Crippen LogP contribution >= 0.6 is 0 Å². The van der Waals surface area contributed by atoms with Crippen molar-refractivity contribution in [3.63, 3.8) is 0 Å². The van der Waals surface area contributed by atoms with Gasteiger partial charge in [-0.1, -0.05) is 441 Å². The Labute approximate surface area is 558 Å². The normalized spacial score (nSPS) is 12.3. The SMILES string of the molecule is CC/C=C\C/C=C\C/C=C\C/C=C\CCCCCCCCCCCCCCCCCCCCCCCCC(=O)OC(CO)COC(=O)CCCCCCCCCCCCCCCCCCCCCCCCCCCCCCCCCCCCCCCCCC. The Morgan fingerprint density at radius 1 is 0.270 bits per heavy atom. The van der Waals surface area contributed by atoms with Crippen LogP contribution < -0.4 is 0 Å². The van der Waals surface area contributed by atoms with Gasteiger partial charge in [-0.2, -0.15) is 0 Å². The maximum absolute atomic E-state index is 12.4. The summed E-state index contributed by atoms with van der Waals surface area (Å²) in [6, 6.07) is 0. The Kier molecular flexibility index (Phi) is 78.2. The van der Waals surface area contributed by atoms with Crippen molar-refractivity contribution in [1.29, 1.82) is 0 Å². The average molecular weight is 1250 g/mol. The highest BCUT2D eigenvalue weighted by Gasteiger charge is 2.16. The molecule has 0 heterocycles. The van der Waals surface area contributed by atoms with Crippen LogP contribution in [0.2, 0.25) is 0 Å². The molecule has 89 heavy (non-hydrogen) atoms. The van der Waals surface area contributed by atoms with Crippen LogP contribution in [0, 0.1) is 0 Å². The molecule has 1 N–H and O–H groups in total. The van der Waals surface area contributed by atoms with Crippen LogP contribution in [-0.4, -0.2) is 36.4 Å². The molecule has 0 radical (unpaired) electrons. The molecule has 0 rings (SSSR count). The van der Waals surface area contributed by atoms with Gasteiger partial charge in [0.05, 0.1) is 6.61 Å². The minimum Gasteiger partial charge on any atom is -0.462 e. The van der Waals surface area contributed by atoms with Crippen LogP contribution in [0.25, 0.3) is 0 Å². The quantitative estimate of drug-likeness (QED) is 0.0373. The fourth-order valence-corrected chi connectivity index (χ4v) is 12.9. The molecule has 0 fully saturated rings. The Balaban J connectivity index is 3.35. The van der Waals surface area contributed by atoms with Gasteiger partial charge >= 0.3 is 11.9 Å². The van der Waals surface area contributed by atoms with Crippen LogP contribution in [0.3, 0.4) is 0 Å². The van der Waals surface area contributed by atoms with E-state index < -0.39 is 6.10 Å². The lowest BCUT2D eigenvalue weighted by Crippen LogP contribution is -2.28. The summed E-state index contributed by atoms with van der Waals surface area (Å²) in [5.74, 6) is -0.562. The number of unbranched alkanes of at least 4 members (excludes halogenated alkanes) is 61. The minimum absolute atomic E-state index is 0.0586. The molecule has 0 saturated carbocycles. The number of aliphatic hydroxyl groups excluding tert-OH is 1. The summed E-state index contributed by atoms with van der Waals surface area (Å²) in [6.45, 7) is 4.10. The van der Waals surface area contributed by atoms with Gasteiger partial charge in [0, 0.05) is 12.8 Å². The zero-order valence-corrected chi connectivity index (χ0v) is 60.5. The van der Waals surface area contributed by atoms with Gasteiger partial charge in [0.15, 0.2) is 6.10 Å². The van der Waals surface area contributed by atoms with Crippen LogP contribution in [-0.2, 0) is 19.1 Å².